The average molecular weight is 542 g/mol. The molecule has 3 aromatic carbocycles. The van der Waals surface area contributed by atoms with Crippen molar-refractivity contribution >= 4 is 35.4 Å². The van der Waals surface area contributed by atoms with Crippen molar-refractivity contribution in [3.63, 3.8) is 0 Å². The summed E-state index contributed by atoms with van der Waals surface area (Å²) in [5, 5.41) is 13.0. The Hall–Kier alpha value is -3.16. The quantitative estimate of drug-likeness (QED) is 0.235. The van der Waals surface area contributed by atoms with Gasteiger partial charge in [-0.3, -0.25) is 0 Å². The molecule has 0 saturated carbocycles. The third-order valence-corrected chi connectivity index (χ3v) is 7.31. The van der Waals surface area contributed by atoms with Crippen LogP contribution in [0.3, 0.4) is 0 Å². The molecule has 2 N–H and O–H groups in total. The zero-order valence-corrected chi connectivity index (χ0v) is 22.6. The Labute approximate surface area is 227 Å². The number of ether oxygens (including phenoxy) is 2. The first-order valence-electron chi connectivity index (χ1n) is 12.2. The summed E-state index contributed by atoms with van der Waals surface area (Å²) in [6, 6.07) is 23.8. The first-order valence-corrected chi connectivity index (χ1v) is 13.4. The molecule has 0 aliphatic carbocycles. The molecule has 0 saturated heterocycles. The second kappa shape index (κ2) is 14.0. The highest BCUT2D eigenvalue weighted by Gasteiger charge is 2.39. The maximum Gasteiger partial charge on any atom is 0.407 e. The van der Waals surface area contributed by atoms with Gasteiger partial charge in [-0.25, -0.2) is 9.59 Å². The van der Waals surface area contributed by atoms with E-state index in [1.165, 1.54) is 7.11 Å². The van der Waals surface area contributed by atoms with Crippen LogP contribution in [-0.4, -0.2) is 29.8 Å². The van der Waals surface area contributed by atoms with E-state index in [1.807, 2.05) is 79.7 Å². The molecule has 3 rings (SSSR count). The number of halogens is 1. The minimum atomic E-state index is -1.36. The smallest absolute Gasteiger partial charge is 0.407 e. The summed E-state index contributed by atoms with van der Waals surface area (Å²) in [5.41, 5.74) is 0.677. The maximum atomic E-state index is 12.0. The molecule has 1 atom stereocenters. The number of carboxylic acids is 1. The van der Waals surface area contributed by atoms with Crippen LogP contribution >= 0.6 is 23.4 Å². The number of hydrogen-bond acceptors (Lipinski definition) is 5. The second-order valence-electron chi connectivity index (χ2n) is 8.71. The number of aliphatic carboxylic acids is 1. The van der Waals surface area contributed by atoms with E-state index in [2.05, 4.69) is 10.1 Å². The summed E-state index contributed by atoms with van der Waals surface area (Å²) in [6.07, 6.45) is 1.59. The molecule has 0 aromatic heterocycles. The van der Waals surface area contributed by atoms with Gasteiger partial charge in [0.25, 0.3) is 0 Å². The molecular formula is C29H32ClNO5S. The van der Waals surface area contributed by atoms with E-state index >= 15 is 0 Å². The molecule has 8 heteroatoms. The van der Waals surface area contributed by atoms with Crippen molar-refractivity contribution in [3.05, 3.63) is 88.9 Å². The Morgan fingerprint density at radius 1 is 1.00 bits per heavy atom. The number of amides is 1. The minimum Gasteiger partial charge on any atom is -0.489 e. The molecule has 6 nitrogen and oxygen atoms in total. The van der Waals surface area contributed by atoms with Crippen LogP contribution in [0.2, 0.25) is 5.02 Å². The zero-order valence-electron chi connectivity index (χ0n) is 21.0. The van der Waals surface area contributed by atoms with Gasteiger partial charge in [0.2, 0.25) is 0 Å². The van der Waals surface area contributed by atoms with Gasteiger partial charge >= 0.3 is 12.1 Å². The molecule has 1 amide bonds. The summed E-state index contributed by atoms with van der Waals surface area (Å²) in [7, 11) is 1.22. The number of carboxylic acid groups (broad SMARTS) is 1. The van der Waals surface area contributed by atoms with Gasteiger partial charge in [-0.05, 0) is 67.1 Å². The molecule has 1 unspecified atom stereocenters. The number of methoxy groups -OCH3 is 1. The Balaban J connectivity index is 1.60. The summed E-state index contributed by atoms with van der Waals surface area (Å²) in [4.78, 5) is 25.8. The molecule has 196 valence electrons. The summed E-state index contributed by atoms with van der Waals surface area (Å²) in [5.74, 6) is -0.265. The fourth-order valence-corrected chi connectivity index (χ4v) is 5.32. The molecule has 0 fully saturated rings. The molecule has 0 bridgehead atoms. The van der Waals surface area contributed by atoms with Crippen LogP contribution in [0, 0.1) is 0 Å². The van der Waals surface area contributed by atoms with Gasteiger partial charge in [-0.2, -0.15) is 0 Å². The highest BCUT2D eigenvalue weighted by atomic mass is 35.5. The second-order valence-corrected chi connectivity index (χ2v) is 10.3. The first kappa shape index (κ1) is 28.4. The number of alkyl carbamates (subject to hydrolysis) is 1. The molecular weight excluding hydrogens is 510 g/mol. The summed E-state index contributed by atoms with van der Waals surface area (Å²) in [6.45, 7) is 2.39. The van der Waals surface area contributed by atoms with Crippen LogP contribution < -0.4 is 10.1 Å². The van der Waals surface area contributed by atoms with Crippen LogP contribution in [0.4, 0.5) is 4.79 Å². The lowest BCUT2D eigenvalue weighted by Gasteiger charge is -2.29. The number of carbonyl (C=O) groups is 2. The Kier molecular flexibility index (Phi) is 10.7. The Morgan fingerprint density at radius 3 is 2.43 bits per heavy atom. The molecule has 3 aromatic rings. The molecule has 0 radical (unpaired) electrons. The number of benzene rings is 3. The standard InChI is InChI=1S/C29H32ClNO5S/c1-3-16-29(27(32)33,31-28(34)35-2)17-8-11-22-14-15-25(19-26(22)30)37-24-13-7-12-23(18-24)36-20-21-9-5-4-6-10-21/h4-7,9-10,12-15,18-19H,3,8,11,16-17,20H2,1-2H3,(H,31,34)(H,32,33). The summed E-state index contributed by atoms with van der Waals surface area (Å²) >= 11 is 8.17. The third kappa shape index (κ3) is 8.44. The fraction of sp³-hybridized carbons (Fsp3) is 0.310. The van der Waals surface area contributed by atoms with E-state index in [0.717, 1.165) is 26.7 Å². The van der Waals surface area contributed by atoms with Gasteiger partial charge in [-0.1, -0.05) is 79.2 Å². The predicted octanol–water partition coefficient (Wildman–Crippen LogP) is 7.37. The largest absolute Gasteiger partial charge is 0.489 e. The Morgan fingerprint density at radius 2 is 1.76 bits per heavy atom. The summed E-state index contributed by atoms with van der Waals surface area (Å²) < 4.78 is 10.6. The van der Waals surface area contributed by atoms with Gasteiger partial charge < -0.3 is 19.9 Å². The number of aryl methyl sites for hydroxylation is 1. The van der Waals surface area contributed by atoms with Crippen LogP contribution in [0.15, 0.2) is 82.6 Å². The van der Waals surface area contributed by atoms with Crippen molar-refractivity contribution in [2.24, 2.45) is 0 Å². The monoisotopic (exact) mass is 541 g/mol. The molecule has 37 heavy (non-hydrogen) atoms. The van der Waals surface area contributed by atoms with E-state index in [-0.39, 0.29) is 6.42 Å². The van der Waals surface area contributed by atoms with Gasteiger partial charge in [-0.15, -0.1) is 0 Å². The van der Waals surface area contributed by atoms with Crippen LogP contribution in [-0.2, 0) is 22.6 Å². The van der Waals surface area contributed by atoms with E-state index in [4.69, 9.17) is 16.3 Å². The van der Waals surface area contributed by atoms with Gasteiger partial charge in [0.1, 0.15) is 17.9 Å². The van der Waals surface area contributed by atoms with Crippen LogP contribution in [0.5, 0.6) is 5.75 Å². The topological polar surface area (TPSA) is 84.9 Å². The normalized spacial score (nSPS) is 12.4. The number of rotatable bonds is 13. The lowest BCUT2D eigenvalue weighted by atomic mass is 9.87. The highest BCUT2D eigenvalue weighted by molar-refractivity contribution is 7.99. The fourth-order valence-electron chi connectivity index (χ4n) is 4.07. The van der Waals surface area contributed by atoms with Gasteiger partial charge in [0.15, 0.2) is 0 Å². The lowest BCUT2D eigenvalue weighted by molar-refractivity contribution is -0.145. The molecule has 0 aliphatic heterocycles. The molecule has 0 heterocycles. The molecule has 0 aliphatic rings. The maximum absolute atomic E-state index is 12.0. The Bertz CT molecular complexity index is 1190. The van der Waals surface area contributed by atoms with Crippen molar-refractivity contribution < 1.29 is 24.2 Å². The van der Waals surface area contributed by atoms with Crippen LogP contribution in [0.25, 0.3) is 0 Å². The van der Waals surface area contributed by atoms with E-state index in [9.17, 15) is 14.7 Å². The minimum absolute atomic E-state index is 0.272. The average Bonchev–Trinajstić information content (AvgIpc) is 2.89. The van der Waals surface area contributed by atoms with E-state index in [1.54, 1.807) is 11.8 Å². The zero-order chi connectivity index (χ0) is 26.7. The first-order chi connectivity index (χ1) is 17.8. The van der Waals surface area contributed by atoms with Crippen molar-refractivity contribution in [1.29, 1.82) is 0 Å². The van der Waals surface area contributed by atoms with Gasteiger partial charge in [0.05, 0.1) is 7.11 Å². The number of hydrogen-bond donors (Lipinski definition) is 2. The van der Waals surface area contributed by atoms with Crippen molar-refractivity contribution in [2.45, 2.75) is 61.0 Å². The predicted molar refractivity (Wildman–Crippen MR) is 147 cm³/mol. The van der Waals surface area contributed by atoms with Crippen LogP contribution in [0.1, 0.15) is 43.7 Å². The lowest BCUT2D eigenvalue weighted by Crippen LogP contribution is -2.54. The number of nitrogens with one attached hydrogen (secondary N) is 1. The molecule has 0 spiro atoms. The number of carbonyl (C=O) groups excluding carboxylic acids is 1. The van der Waals surface area contributed by atoms with Crippen molar-refractivity contribution in [3.8, 4) is 5.75 Å². The van der Waals surface area contributed by atoms with Crippen molar-refractivity contribution in [1.82, 2.24) is 5.32 Å². The van der Waals surface area contributed by atoms with Gasteiger partial charge in [0, 0.05) is 14.8 Å². The SMILES string of the molecule is CCCC(CCCc1ccc(Sc2cccc(OCc3ccccc3)c2)cc1Cl)(NC(=O)OC)C(=O)O. The van der Waals surface area contributed by atoms with E-state index in [0.29, 0.717) is 37.3 Å². The highest BCUT2D eigenvalue weighted by Crippen LogP contribution is 2.33. The van der Waals surface area contributed by atoms with E-state index < -0.39 is 17.6 Å². The van der Waals surface area contributed by atoms with Crippen molar-refractivity contribution in [2.75, 3.05) is 7.11 Å². The third-order valence-electron chi connectivity index (χ3n) is 5.98.